The second-order valence-corrected chi connectivity index (χ2v) is 6.10. The highest BCUT2D eigenvalue weighted by molar-refractivity contribution is 5.74. The summed E-state index contributed by atoms with van der Waals surface area (Å²) in [5, 5.41) is 13.3. The summed E-state index contributed by atoms with van der Waals surface area (Å²) in [6.45, 7) is 5.15. The average molecular weight is 338 g/mol. The van der Waals surface area contributed by atoms with E-state index >= 15 is 0 Å². The number of piperidine rings is 1. The number of hydrogen-bond donors (Lipinski definition) is 2. The highest BCUT2D eigenvalue weighted by Crippen LogP contribution is 2.30. The van der Waals surface area contributed by atoms with Crippen molar-refractivity contribution in [2.24, 2.45) is 5.92 Å². The molecule has 0 aromatic heterocycles. The minimum Gasteiger partial charge on any atom is -0.388 e. The van der Waals surface area contributed by atoms with Gasteiger partial charge >= 0.3 is 6.03 Å². The van der Waals surface area contributed by atoms with E-state index in [1.54, 1.807) is 17.0 Å². The van der Waals surface area contributed by atoms with Crippen molar-refractivity contribution < 1.29 is 19.0 Å². The molecule has 2 N–H and O–H groups in total. The minimum absolute atomic E-state index is 0.0544. The van der Waals surface area contributed by atoms with E-state index in [9.17, 15) is 14.3 Å². The minimum atomic E-state index is -0.609. The number of nitrogens with zero attached hydrogens (tertiary/aromatic N) is 1. The van der Waals surface area contributed by atoms with Gasteiger partial charge in [0.15, 0.2) is 0 Å². The number of aliphatic hydroxyl groups excluding tert-OH is 1. The van der Waals surface area contributed by atoms with Gasteiger partial charge in [0.2, 0.25) is 0 Å². The van der Waals surface area contributed by atoms with Crippen LogP contribution in [0.2, 0.25) is 0 Å². The summed E-state index contributed by atoms with van der Waals surface area (Å²) in [5.74, 6) is -0.209. The molecule has 1 aromatic carbocycles. The molecule has 1 unspecified atom stereocenters. The van der Waals surface area contributed by atoms with Gasteiger partial charge in [0.25, 0.3) is 0 Å². The van der Waals surface area contributed by atoms with Crippen molar-refractivity contribution in [3.05, 3.63) is 35.6 Å². The molecule has 2 rings (SSSR count). The van der Waals surface area contributed by atoms with Gasteiger partial charge in [-0.15, -0.1) is 0 Å². The Morgan fingerprint density at radius 1 is 1.38 bits per heavy atom. The molecule has 1 atom stereocenters. The molecule has 5 nitrogen and oxygen atoms in total. The lowest BCUT2D eigenvalue weighted by molar-refractivity contribution is 0.0663. The van der Waals surface area contributed by atoms with Crippen molar-refractivity contribution in [2.75, 3.05) is 32.8 Å². The lowest BCUT2D eigenvalue weighted by Gasteiger charge is -2.34. The predicted molar refractivity (Wildman–Crippen MR) is 90.2 cm³/mol. The molecule has 6 heteroatoms. The molecule has 1 heterocycles. The zero-order valence-corrected chi connectivity index (χ0v) is 14.2. The van der Waals surface area contributed by atoms with Crippen molar-refractivity contribution in [3.8, 4) is 0 Å². The molecule has 24 heavy (non-hydrogen) atoms. The summed E-state index contributed by atoms with van der Waals surface area (Å²) >= 11 is 0. The topological polar surface area (TPSA) is 61.8 Å². The number of carbonyl (C=O) groups is 1. The maximum atomic E-state index is 13.0. The Hall–Kier alpha value is -1.66. The van der Waals surface area contributed by atoms with Crippen LogP contribution < -0.4 is 5.32 Å². The van der Waals surface area contributed by atoms with E-state index in [-0.39, 0.29) is 17.8 Å². The number of hydrogen-bond acceptors (Lipinski definition) is 3. The Morgan fingerprint density at radius 3 is 2.67 bits per heavy atom. The Labute approximate surface area is 142 Å². The molecule has 0 bridgehead atoms. The lowest BCUT2D eigenvalue weighted by atomic mass is 9.87. The standard InChI is InChI=1S/C18H27FN2O3/c1-2-24-13-3-10-20-18(23)21-11-8-15(9-12-21)17(22)14-4-6-16(19)7-5-14/h4-7,15,17,22H,2-3,8-13H2,1H3,(H,20,23). The molecule has 1 saturated heterocycles. The van der Waals surface area contributed by atoms with E-state index < -0.39 is 6.10 Å². The summed E-state index contributed by atoms with van der Waals surface area (Å²) in [6.07, 6.45) is 1.68. The average Bonchev–Trinajstić information content (AvgIpc) is 2.61. The molecule has 1 aromatic rings. The normalized spacial score (nSPS) is 16.9. The number of aliphatic hydroxyl groups is 1. The Balaban J connectivity index is 1.72. The van der Waals surface area contributed by atoms with Crippen LogP contribution in [0, 0.1) is 11.7 Å². The first kappa shape index (κ1) is 18.7. The van der Waals surface area contributed by atoms with Crippen LogP contribution in [0.15, 0.2) is 24.3 Å². The second kappa shape index (κ2) is 9.59. The van der Waals surface area contributed by atoms with Gasteiger partial charge in [-0.2, -0.15) is 0 Å². The summed E-state index contributed by atoms with van der Waals surface area (Å²) in [7, 11) is 0. The SMILES string of the molecule is CCOCCCNC(=O)N1CCC(C(O)c2ccc(F)cc2)CC1. The number of carbonyl (C=O) groups excluding carboxylic acids is 1. The lowest BCUT2D eigenvalue weighted by Crippen LogP contribution is -2.45. The molecular weight excluding hydrogens is 311 g/mol. The fourth-order valence-corrected chi connectivity index (χ4v) is 2.98. The number of likely N-dealkylation sites (tertiary alicyclic amines) is 1. The fourth-order valence-electron chi connectivity index (χ4n) is 2.98. The molecule has 0 radical (unpaired) electrons. The van der Waals surface area contributed by atoms with Crippen molar-refractivity contribution >= 4 is 6.03 Å². The smallest absolute Gasteiger partial charge is 0.317 e. The van der Waals surface area contributed by atoms with Gasteiger partial charge in [-0.25, -0.2) is 9.18 Å². The fraction of sp³-hybridized carbons (Fsp3) is 0.611. The third-order valence-corrected chi connectivity index (χ3v) is 4.43. The first-order valence-corrected chi connectivity index (χ1v) is 8.66. The summed E-state index contributed by atoms with van der Waals surface area (Å²) < 4.78 is 18.2. The second-order valence-electron chi connectivity index (χ2n) is 6.10. The number of ether oxygens (including phenoxy) is 1. The van der Waals surface area contributed by atoms with Crippen LogP contribution >= 0.6 is 0 Å². The van der Waals surface area contributed by atoms with Crippen LogP contribution in [-0.4, -0.2) is 48.9 Å². The summed E-state index contributed by atoms with van der Waals surface area (Å²) in [6, 6.07) is 5.92. The third kappa shape index (κ3) is 5.46. The number of urea groups is 1. The molecule has 134 valence electrons. The zero-order chi connectivity index (χ0) is 17.4. The molecule has 0 spiro atoms. The number of nitrogens with one attached hydrogen (secondary N) is 1. The molecule has 1 aliphatic rings. The zero-order valence-electron chi connectivity index (χ0n) is 14.2. The number of rotatable bonds is 7. The van der Waals surface area contributed by atoms with Crippen molar-refractivity contribution in [2.45, 2.75) is 32.3 Å². The van der Waals surface area contributed by atoms with Gasteiger partial charge in [-0.1, -0.05) is 12.1 Å². The van der Waals surface area contributed by atoms with Gasteiger partial charge in [0, 0.05) is 32.8 Å². The van der Waals surface area contributed by atoms with Crippen LogP contribution in [0.3, 0.4) is 0 Å². The van der Waals surface area contributed by atoms with Gasteiger partial charge < -0.3 is 20.1 Å². The summed E-state index contributed by atoms with van der Waals surface area (Å²) in [5.41, 5.74) is 0.732. The largest absolute Gasteiger partial charge is 0.388 e. The monoisotopic (exact) mass is 338 g/mol. The van der Waals surface area contributed by atoms with Gasteiger partial charge in [-0.05, 0) is 49.8 Å². The maximum absolute atomic E-state index is 13.0. The van der Waals surface area contributed by atoms with E-state index in [0.29, 0.717) is 32.8 Å². The molecule has 0 aliphatic carbocycles. The number of amides is 2. The first-order valence-electron chi connectivity index (χ1n) is 8.66. The number of halogens is 1. The van der Waals surface area contributed by atoms with Crippen molar-refractivity contribution in [1.82, 2.24) is 10.2 Å². The van der Waals surface area contributed by atoms with Gasteiger partial charge in [-0.3, -0.25) is 0 Å². The van der Waals surface area contributed by atoms with Gasteiger partial charge in [0.1, 0.15) is 5.82 Å². The van der Waals surface area contributed by atoms with E-state index in [1.807, 2.05) is 6.92 Å². The van der Waals surface area contributed by atoms with Crippen LogP contribution in [-0.2, 0) is 4.74 Å². The Bertz CT molecular complexity index is 501. The van der Waals surface area contributed by atoms with Crippen LogP contribution in [0.4, 0.5) is 9.18 Å². The maximum Gasteiger partial charge on any atom is 0.317 e. The molecule has 2 amide bonds. The van der Waals surface area contributed by atoms with Crippen molar-refractivity contribution in [3.63, 3.8) is 0 Å². The quantitative estimate of drug-likeness (QED) is 0.752. The number of benzene rings is 1. The first-order chi connectivity index (χ1) is 11.6. The third-order valence-electron chi connectivity index (χ3n) is 4.43. The predicted octanol–water partition coefficient (Wildman–Crippen LogP) is 2.71. The van der Waals surface area contributed by atoms with Crippen LogP contribution in [0.5, 0.6) is 0 Å². The van der Waals surface area contributed by atoms with E-state index in [0.717, 1.165) is 24.8 Å². The highest BCUT2D eigenvalue weighted by atomic mass is 19.1. The molecular formula is C18H27FN2O3. The van der Waals surface area contributed by atoms with Gasteiger partial charge in [0.05, 0.1) is 6.10 Å². The van der Waals surface area contributed by atoms with E-state index in [2.05, 4.69) is 5.32 Å². The summed E-state index contributed by atoms with van der Waals surface area (Å²) in [4.78, 5) is 13.9. The Morgan fingerprint density at radius 2 is 2.04 bits per heavy atom. The Kier molecular flexibility index (Phi) is 7.46. The van der Waals surface area contributed by atoms with Crippen molar-refractivity contribution in [1.29, 1.82) is 0 Å². The van der Waals surface area contributed by atoms with Crippen LogP contribution in [0.25, 0.3) is 0 Å². The van der Waals surface area contributed by atoms with E-state index in [1.165, 1.54) is 12.1 Å². The van der Waals surface area contributed by atoms with Crippen LogP contribution in [0.1, 0.15) is 37.9 Å². The molecule has 0 saturated carbocycles. The molecule has 1 aliphatic heterocycles. The highest BCUT2D eigenvalue weighted by Gasteiger charge is 2.28. The van der Waals surface area contributed by atoms with E-state index in [4.69, 9.17) is 4.74 Å². The molecule has 1 fully saturated rings.